The fourth-order valence-corrected chi connectivity index (χ4v) is 2.41. The molecule has 0 aliphatic carbocycles. The molecule has 0 heterocycles. The Bertz CT molecular complexity index is 316. The van der Waals surface area contributed by atoms with Gasteiger partial charge < -0.3 is 5.73 Å². The molecule has 1 rings (SSSR count). The van der Waals surface area contributed by atoms with E-state index in [1.807, 2.05) is 12.1 Å². The van der Waals surface area contributed by atoms with Crippen LogP contribution >= 0.6 is 15.9 Å². The number of anilines is 1. The summed E-state index contributed by atoms with van der Waals surface area (Å²) in [6.07, 6.45) is 0. The van der Waals surface area contributed by atoms with Gasteiger partial charge in [0, 0.05) is 23.2 Å². The third-order valence-electron chi connectivity index (χ3n) is 2.46. The molecule has 0 fully saturated rings. The van der Waals surface area contributed by atoms with Gasteiger partial charge in [-0.15, -0.1) is 0 Å². The number of hydrogen-bond donors (Lipinski definition) is 1. The molecule has 2 N–H and O–H groups in total. The van der Waals surface area contributed by atoms with Gasteiger partial charge in [-0.2, -0.15) is 0 Å². The van der Waals surface area contributed by atoms with Crippen molar-refractivity contribution in [2.24, 2.45) is 5.92 Å². The minimum atomic E-state index is 0.699. The highest BCUT2D eigenvalue weighted by molar-refractivity contribution is 9.10. The van der Waals surface area contributed by atoms with E-state index >= 15 is 0 Å². The molecule has 16 heavy (non-hydrogen) atoms. The summed E-state index contributed by atoms with van der Waals surface area (Å²) in [4.78, 5) is 2.44. The summed E-state index contributed by atoms with van der Waals surface area (Å²) in [5.41, 5.74) is 7.93. The van der Waals surface area contributed by atoms with Gasteiger partial charge >= 0.3 is 0 Å². The monoisotopic (exact) mass is 284 g/mol. The van der Waals surface area contributed by atoms with Gasteiger partial charge in [0.15, 0.2) is 0 Å². The van der Waals surface area contributed by atoms with Crippen LogP contribution in [0.5, 0.6) is 0 Å². The number of halogens is 1. The van der Waals surface area contributed by atoms with Gasteiger partial charge in [-0.3, -0.25) is 4.90 Å². The van der Waals surface area contributed by atoms with Crippen LogP contribution in [0.1, 0.15) is 26.3 Å². The third-order valence-corrected chi connectivity index (χ3v) is 2.91. The first-order valence-electron chi connectivity index (χ1n) is 5.78. The second kappa shape index (κ2) is 6.26. The van der Waals surface area contributed by atoms with Crippen LogP contribution in [0.15, 0.2) is 22.7 Å². The van der Waals surface area contributed by atoms with Gasteiger partial charge in [0.2, 0.25) is 0 Å². The summed E-state index contributed by atoms with van der Waals surface area (Å²) in [6.45, 7) is 9.87. The van der Waals surface area contributed by atoms with Gasteiger partial charge in [0.1, 0.15) is 0 Å². The van der Waals surface area contributed by atoms with E-state index in [4.69, 9.17) is 5.73 Å². The maximum atomic E-state index is 5.83. The number of nitrogens with two attached hydrogens (primary N) is 1. The lowest BCUT2D eigenvalue weighted by Gasteiger charge is -2.22. The Kier molecular flexibility index (Phi) is 5.29. The zero-order chi connectivity index (χ0) is 12.1. The van der Waals surface area contributed by atoms with Crippen LogP contribution in [0, 0.1) is 5.92 Å². The standard InChI is InChI=1S/C13H21BrN2/c1-4-16(8-10(2)3)9-11-5-12(14)7-13(15)6-11/h5-7,10H,4,8-9,15H2,1-3H3. The lowest BCUT2D eigenvalue weighted by atomic mass is 10.1. The van der Waals surface area contributed by atoms with Crippen LogP contribution in [-0.4, -0.2) is 18.0 Å². The molecule has 0 aliphatic heterocycles. The molecule has 0 saturated heterocycles. The highest BCUT2D eigenvalue weighted by atomic mass is 79.9. The molecule has 1 aromatic rings. The number of nitrogen functional groups attached to an aromatic ring is 1. The van der Waals surface area contributed by atoms with Crippen LogP contribution < -0.4 is 5.73 Å². The van der Waals surface area contributed by atoms with E-state index in [-0.39, 0.29) is 0 Å². The molecule has 90 valence electrons. The van der Waals surface area contributed by atoms with Gasteiger partial charge in [-0.05, 0) is 36.2 Å². The summed E-state index contributed by atoms with van der Waals surface area (Å²) >= 11 is 3.48. The third kappa shape index (κ3) is 4.54. The summed E-state index contributed by atoms with van der Waals surface area (Å²) in [6, 6.07) is 6.12. The zero-order valence-electron chi connectivity index (χ0n) is 10.3. The molecular formula is C13H21BrN2. The number of hydrogen-bond acceptors (Lipinski definition) is 2. The Morgan fingerprint density at radius 2 is 2.00 bits per heavy atom. The van der Waals surface area contributed by atoms with Crippen molar-refractivity contribution >= 4 is 21.6 Å². The Morgan fingerprint density at radius 1 is 1.31 bits per heavy atom. The molecule has 0 aromatic heterocycles. The number of nitrogens with zero attached hydrogens (tertiary/aromatic N) is 1. The smallest absolute Gasteiger partial charge is 0.0328 e. The first-order valence-corrected chi connectivity index (χ1v) is 6.57. The first-order chi connectivity index (χ1) is 7.51. The zero-order valence-corrected chi connectivity index (χ0v) is 11.9. The molecule has 0 aliphatic rings. The maximum absolute atomic E-state index is 5.83. The fraction of sp³-hybridized carbons (Fsp3) is 0.538. The van der Waals surface area contributed by atoms with E-state index in [2.05, 4.69) is 47.7 Å². The first kappa shape index (κ1) is 13.5. The van der Waals surface area contributed by atoms with Gasteiger partial charge in [-0.1, -0.05) is 36.7 Å². The molecule has 0 atom stereocenters. The van der Waals surface area contributed by atoms with E-state index in [9.17, 15) is 0 Å². The predicted octanol–water partition coefficient (Wildman–Crippen LogP) is 3.51. The van der Waals surface area contributed by atoms with Crippen LogP contribution in [0.3, 0.4) is 0 Å². The summed E-state index contributed by atoms with van der Waals surface area (Å²) in [5.74, 6) is 0.699. The van der Waals surface area contributed by atoms with Crippen molar-refractivity contribution in [3.05, 3.63) is 28.2 Å². The Labute approximate surface area is 107 Å². The molecule has 2 nitrogen and oxygen atoms in total. The highest BCUT2D eigenvalue weighted by Gasteiger charge is 2.06. The quantitative estimate of drug-likeness (QED) is 0.839. The minimum Gasteiger partial charge on any atom is -0.399 e. The van der Waals surface area contributed by atoms with Crippen LogP contribution in [-0.2, 0) is 6.54 Å². The highest BCUT2D eigenvalue weighted by Crippen LogP contribution is 2.18. The van der Waals surface area contributed by atoms with Gasteiger partial charge in [0.05, 0.1) is 0 Å². The SMILES string of the molecule is CCN(Cc1cc(N)cc(Br)c1)CC(C)C. The lowest BCUT2D eigenvalue weighted by Crippen LogP contribution is -2.27. The van der Waals surface area contributed by atoms with Crippen LogP contribution in [0.4, 0.5) is 5.69 Å². The van der Waals surface area contributed by atoms with Crippen molar-refractivity contribution in [3.63, 3.8) is 0 Å². The van der Waals surface area contributed by atoms with Crippen molar-refractivity contribution < 1.29 is 0 Å². The van der Waals surface area contributed by atoms with Crippen molar-refractivity contribution in [1.29, 1.82) is 0 Å². The van der Waals surface area contributed by atoms with Crippen molar-refractivity contribution in [3.8, 4) is 0 Å². The topological polar surface area (TPSA) is 29.3 Å². The molecule has 0 spiro atoms. The second-order valence-electron chi connectivity index (χ2n) is 4.61. The Hall–Kier alpha value is -0.540. The Balaban J connectivity index is 2.69. The average molecular weight is 285 g/mol. The average Bonchev–Trinajstić information content (AvgIpc) is 2.14. The molecule has 0 unspecified atom stereocenters. The number of benzene rings is 1. The fourth-order valence-electron chi connectivity index (χ4n) is 1.85. The minimum absolute atomic E-state index is 0.699. The van der Waals surface area contributed by atoms with Crippen molar-refractivity contribution in [2.75, 3.05) is 18.8 Å². The molecule has 0 radical (unpaired) electrons. The van der Waals surface area contributed by atoms with E-state index in [0.717, 1.165) is 29.8 Å². The lowest BCUT2D eigenvalue weighted by molar-refractivity contribution is 0.248. The van der Waals surface area contributed by atoms with E-state index in [1.54, 1.807) is 0 Å². The summed E-state index contributed by atoms with van der Waals surface area (Å²) in [7, 11) is 0. The second-order valence-corrected chi connectivity index (χ2v) is 5.53. The molecule has 0 amide bonds. The van der Waals surface area contributed by atoms with Gasteiger partial charge in [-0.25, -0.2) is 0 Å². The Morgan fingerprint density at radius 3 is 2.50 bits per heavy atom. The normalized spacial score (nSPS) is 11.4. The maximum Gasteiger partial charge on any atom is 0.0328 e. The molecule has 0 saturated carbocycles. The largest absolute Gasteiger partial charge is 0.399 e. The van der Waals surface area contributed by atoms with E-state index < -0.39 is 0 Å². The predicted molar refractivity (Wildman–Crippen MR) is 74.3 cm³/mol. The molecular weight excluding hydrogens is 264 g/mol. The van der Waals surface area contributed by atoms with Gasteiger partial charge in [0.25, 0.3) is 0 Å². The summed E-state index contributed by atoms with van der Waals surface area (Å²) in [5, 5.41) is 0. The van der Waals surface area contributed by atoms with E-state index in [1.165, 1.54) is 5.56 Å². The molecule has 3 heteroatoms. The van der Waals surface area contributed by atoms with Crippen LogP contribution in [0.2, 0.25) is 0 Å². The molecule has 1 aromatic carbocycles. The van der Waals surface area contributed by atoms with Crippen molar-refractivity contribution in [2.45, 2.75) is 27.3 Å². The summed E-state index contributed by atoms with van der Waals surface area (Å²) < 4.78 is 1.06. The van der Waals surface area contributed by atoms with E-state index in [0.29, 0.717) is 5.92 Å². The van der Waals surface area contributed by atoms with Crippen LogP contribution in [0.25, 0.3) is 0 Å². The number of rotatable bonds is 5. The molecule has 0 bridgehead atoms. The van der Waals surface area contributed by atoms with Crippen molar-refractivity contribution in [1.82, 2.24) is 4.90 Å².